The van der Waals surface area contributed by atoms with Gasteiger partial charge in [-0.2, -0.15) is 4.98 Å². The number of anilines is 2. The van der Waals surface area contributed by atoms with Crippen LogP contribution in [-0.2, 0) is 0 Å². The van der Waals surface area contributed by atoms with Gasteiger partial charge in [-0.1, -0.05) is 24.4 Å². The topological polar surface area (TPSA) is 93.3 Å². The van der Waals surface area contributed by atoms with Crippen molar-refractivity contribution in [2.75, 3.05) is 17.7 Å². The van der Waals surface area contributed by atoms with Crippen LogP contribution in [-0.4, -0.2) is 27.7 Å². The molecule has 3 rings (SSSR count). The fourth-order valence-corrected chi connectivity index (χ4v) is 3.38. The molecule has 2 atom stereocenters. The van der Waals surface area contributed by atoms with E-state index < -0.39 is 0 Å². The summed E-state index contributed by atoms with van der Waals surface area (Å²) in [4.78, 5) is 8.34. The molecule has 25 heavy (non-hydrogen) atoms. The summed E-state index contributed by atoms with van der Waals surface area (Å²) in [5.74, 6) is 2.52. The van der Waals surface area contributed by atoms with Gasteiger partial charge in [0.15, 0.2) is 11.6 Å². The first kappa shape index (κ1) is 17.8. The molecule has 1 aromatic heterocycles. The van der Waals surface area contributed by atoms with Crippen LogP contribution in [0.3, 0.4) is 0 Å². The number of nitrogens with two attached hydrogens (primary N) is 1. The van der Waals surface area contributed by atoms with Crippen LogP contribution in [0.25, 0.3) is 0 Å². The Morgan fingerprint density at radius 3 is 2.84 bits per heavy atom. The summed E-state index contributed by atoms with van der Waals surface area (Å²) in [7, 11) is 0. The highest BCUT2D eigenvalue weighted by atomic mass is 35.5. The summed E-state index contributed by atoms with van der Waals surface area (Å²) in [5.41, 5.74) is 5.75. The Kier molecular flexibility index (Phi) is 5.94. The highest BCUT2D eigenvalue weighted by Crippen LogP contribution is 2.33. The van der Waals surface area contributed by atoms with Crippen molar-refractivity contribution in [2.45, 2.75) is 38.1 Å². The molecule has 0 spiro atoms. The average Bonchev–Trinajstić information content (AvgIpc) is 2.60. The first-order valence-electron chi connectivity index (χ1n) is 8.57. The number of nitrogens with one attached hydrogen (secondary N) is 1. The summed E-state index contributed by atoms with van der Waals surface area (Å²) in [6.07, 6.45) is 6.79. The average molecular weight is 363 g/mol. The van der Waals surface area contributed by atoms with Gasteiger partial charge >= 0.3 is 0 Å². The van der Waals surface area contributed by atoms with E-state index in [-0.39, 0.29) is 18.6 Å². The van der Waals surface area contributed by atoms with Gasteiger partial charge in [-0.3, -0.25) is 0 Å². The van der Waals surface area contributed by atoms with Gasteiger partial charge in [0.05, 0.1) is 6.20 Å². The molecule has 0 saturated heterocycles. The molecule has 2 aromatic rings. The van der Waals surface area contributed by atoms with Crippen molar-refractivity contribution in [3.63, 3.8) is 0 Å². The van der Waals surface area contributed by atoms with E-state index in [1.807, 2.05) is 0 Å². The molecule has 7 heteroatoms. The van der Waals surface area contributed by atoms with Crippen LogP contribution < -0.4 is 15.8 Å². The van der Waals surface area contributed by atoms with Crippen LogP contribution in [0.5, 0.6) is 11.5 Å². The Hall–Kier alpha value is -2.05. The van der Waals surface area contributed by atoms with Crippen LogP contribution >= 0.6 is 11.6 Å². The predicted molar refractivity (Wildman–Crippen MR) is 99.0 cm³/mol. The van der Waals surface area contributed by atoms with E-state index in [9.17, 15) is 5.11 Å². The molecule has 1 fully saturated rings. The van der Waals surface area contributed by atoms with Gasteiger partial charge in [-0.15, -0.1) is 0 Å². The summed E-state index contributed by atoms with van der Waals surface area (Å²) < 4.78 is 5.89. The number of ether oxygens (including phenoxy) is 1. The van der Waals surface area contributed by atoms with Gasteiger partial charge < -0.3 is 20.9 Å². The zero-order valence-electron chi connectivity index (χ0n) is 14.0. The highest BCUT2D eigenvalue weighted by Gasteiger charge is 2.23. The third kappa shape index (κ3) is 4.96. The van der Waals surface area contributed by atoms with Crippen molar-refractivity contribution in [3.8, 4) is 11.5 Å². The van der Waals surface area contributed by atoms with Crippen molar-refractivity contribution >= 4 is 23.4 Å². The number of hydrogen-bond acceptors (Lipinski definition) is 6. The molecule has 1 heterocycles. The second kappa shape index (κ2) is 8.36. The van der Waals surface area contributed by atoms with Gasteiger partial charge in [0.25, 0.3) is 0 Å². The Labute approximate surface area is 152 Å². The Morgan fingerprint density at radius 2 is 2.08 bits per heavy atom. The lowest BCUT2D eigenvalue weighted by molar-refractivity contribution is 0.224. The highest BCUT2D eigenvalue weighted by molar-refractivity contribution is 6.30. The first-order valence-corrected chi connectivity index (χ1v) is 8.95. The molecule has 4 N–H and O–H groups in total. The molecular formula is C18H23ClN4O2. The van der Waals surface area contributed by atoms with Crippen molar-refractivity contribution in [1.29, 1.82) is 0 Å². The largest absolute Gasteiger partial charge is 0.452 e. The smallest absolute Gasteiger partial charge is 0.222 e. The zero-order valence-corrected chi connectivity index (χ0v) is 14.7. The number of benzene rings is 1. The number of aliphatic hydroxyl groups excluding tert-OH is 1. The SMILES string of the molecule is Nc1ncc(Oc2ccc(Cl)cc2)c(N[C@@H]2CCC[C@H](CCO)C2)n1. The third-order valence-corrected chi connectivity index (χ3v) is 4.73. The molecule has 6 nitrogen and oxygen atoms in total. The lowest BCUT2D eigenvalue weighted by Gasteiger charge is -2.30. The summed E-state index contributed by atoms with van der Waals surface area (Å²) in [6.45, 7) is 0.239. The van der Waals surface area contributed by atoms with Gasteiger partial charge in [-0.05, 0) is 49.4 Å². The van der Waals surface area contributed by atoms with Gasteiger partial charge in [0.1, 0.15) is 5.75 Å². The molecule has 0 bridgehead atoms. The number of nitrogen functional groups attached to an aromatic ring is 1. The Balaban J connectivity index is 1.73. The maximum Gasteiger partial charge on any atom is 0.222 e. The van der Waals surface area contributed by atoms with E-state index in [0.717, 1.165) is 25.7 Å². The fraction of sp³-hybridized carbons (Fsp3) is 0.444. The van der Waals surface area contributed by atoms with E-state index in [1.165, 1.54) is 6.42 Å². The lowest BCUT2D eigenvalue weighted by atomic mass is 9.84. The molecule has 134 valence electrons. The number of aliphatic hydroxyl groups is 1. The zero-order chi connectivity index (χ0) is 17.6. The molecule has 1 aliphatic carbocycles. The van der Waals surface area contributed by atoms with Crippen molar-refractivity contribution in [2.24, 2.45) is 5.92 Å². The minimum Gasteiger partial charge on any atom is -0.452 e. The third-order valence-electron chi connectivity index (χ3n) is 4.48. The monoisotopic (exact) mass is 362 g/mol. The van der Waals surface area contributed by atoms with E-state index in [4.69, 9.17) is 22.1 Å². The van der Waals surface area contributed by atoms with E-state index in [2.05, 4.69) is 15.3 Å². The fourth-order valence-electron chi connectivity index (χ4n) is 3.25. The minimum absolute atomic E-state index is 0.202. The Morgan fingerprint density at radius 1 is 1.28 bits per heavy atom. The molecule has 1 aliphatic rings. The molecule has 1 aromatic carbocycles. The first-order chi connectivity index (χ1) is 12.1. The number of halogens is 1. The van der Waals surface area contributed by atoms with Crippen LogP contribution in [0.1, 0.15) is 32.1 Å². The maximum absolute atomic E-state index is 9.17. The standard InChI is InChI=1S/C18H23ClN4O2/c19-13-4-6-15(7-5-13)25-16-11-21-18(20)23-17(16)22-14-3-1-2-12(10-14)8-9-24/h4-7,11-12,14,24H,1-3,8-10H2,(H3,20,21,22,23)/t12-,14-/m1/s1. The number of hydrogen-bond donors (Lipinski definition) is 3. The molecule has 1 saturated carbocycles. The second-order valence-corrected chi connectivity index (χ2v) is 6.82. The molecule has 0 aliphatic heterocycles. The van der Waals surface area contributed by atoms with Crippen LogP contribution in [0.2, 0.25) is 5.02 Å². The maximum atomic E-state index is 9.17. The molecule has 0 radical (unpaired) electrons. The van der Waals surface area contributed by atoms with Crippen molar-refractivity contribution < 1.29 is 9.84 Å². The normalized spacial score (nSPS) is 20.2. The quantitative estimate of drug-likeness (QED) is 0.722. The van der Waals surface area contributed by atoms with Crippen molar-refractivity contribution in [1.82, 2.24) is 9.97 Å². The minimum atomic E-state index is 0.202. The van der Waals surface area contributed by atoms with Crippen LogP contribution in [0.15, 0.2) is 30.5 Å². The Bertz CT molecular complexity index is 694. The van der Waals surface area contributed by atoms with Gasteiger partial charge in [0, 0.05) is 17.7 Å². The second-order valence-electron chi connectivity index (χ2n) is 6.38. The molecular weight excluding hydrogens is 340 g/mol. The van der Waals surface area contributed by atoms with Gasteiger partial charge in [-0.25, -0.2) is 4.98 Å². The number of aromatic nitrogens is 2. The lowest BCUT2D eigenvalue weighted by Crippen LogP contribution is -2.28. The van der Waals surface area contributed by atoms with Crippen LogP contribution in [0, 0.1) is 5.92 Å². The van der Waals surface area contributed by atoms with Crippen LogP contribution in [0.4, 0.5) is 11.8 Å². The summed E-state index contributed by atoms with van der Waals surface area (Å²) in [5, 5.41) is 13.3. The molecule has 0 unspecified atom stereocenters. The molecule has 0 amide bonds. The summed E-state index contributed by atoms with van der Waals surface area (Å²) in [6, 6.07) is 7.40. The predicted octanol–water partition coefficient (Wildman–Crippen LogP) is 3.86. The van der Waals surface area contributed by atoms with E-state index >= 15 is 0 Å². The number of nitrogens with zero attached hydrogens (tertiary/aromatic N) is 2. The number of rotatable bonds is 6. The van der Waals surface area contributed by atoms with Crippen molar-refractivity contribution in [3.05, 3.63) is 35.5 Å². The van der Waals surface area contributed by atoms with E-state index in [1.54, 1.807) is 30.5 Å². The van der Waals surface area contributed by atoms with Gasteiger partial charge in [0.2, 0.25) is 5.95 Å². The van der Waals surface area contributed by atoms with E-state index in [0.29, 0.717) is 28.3 Å². The summed E-state index contributed by atoms with van der Waals surface area (Å²) >= 11 is 5.91.